The van der Waals surface area contributed by atoms with Crippen molar-refractivity contribution in [2.75, 3.05) is 26.2 Å². The summed E-state index contributed by atoms with van der Waals surface area (Å²) in [5, 5.41) is 3.42. The Balaban J connectivity index is 1.89. The molecule has 116 valence electrons. The van der Waals surface area contributed by atoms with E-state index in [1.165, 1.54) is 6.42 Å². The number of nitrogens with one attached hydrogen (secondary N) is 1. The number of ether oxygens (including phenoxy) is 1. The molecule has 2 fully saturated rings. The minimum atomic E-state index is -0.404. The lowest BCUT2D eigenvalue weighted by molar-refractivity contribution is -0.00788. The zero-order chi connectivity index (χ0) is 15.0. The molecular formula is C16H30N2O2. The fourth-order valence-corrected chi connectivity index (χ4v) is 3.85. The van der Waals surface area contributed by atoms with E-state index in [0.29, 0.717) is 5.41 Å². The first-order chi connectivity index (χ1) is 9.11. The van der Waals surface area contributed by atoms with Gasteiger partial charge < -0.3 is 15.0 Å². The van der Waals surface area contributed by atoms with Crippen LogP contribution < -0.4 is 5.32 Å². The average Bonchev–Trinajstić information content (AvgIpc) is 2.85. The SMILES string of the molecule is CC(C)(C)CC(C)(C)OC(=O)N1CCC2(CCNC2)C1. The molecule has 0 saturated carbocycles. The third kappa shape index (κ3) is 3.87. The van der Waals surface area contributed by atoms with Crippen LogP contribution in [0.25, 0.3) is 0 Å². The molecule has 2 aliphatic heterocycles. The zero-order valence-corrected chi connectivity index (χ0v) is 13.7. The fraction of sp³-hybridized carbons (Fsp3) is 0.938. The number of hydrogen-bond donors (Lipinski definition) is 1. The van der Waals surface area contributed by atoms with E-state index in [1.807, 2.05) is 18.7 Å². The summed E-state index contributed by atoms with van der Waals surface area (Å²) >= 11 is 0. The fourth-order valence-electron chi connectivity index (χ4n) is 3.85. The van der Waals surface area contributed by atoms with Crippen molar-refractivity contribution in [3.05, 3.63) is 0 Å². The molecule has 2 heterocycles. The Labute approximate surface area is 123 Å². The van der Waals surface area contributed by atoms with Crippen molar-refractivity contribution in [1.29, 1.82) is 0 Å². The quantitative estimate of drug-likeness (QED) is 0.846. The van der Waals surface area contributed by atoms with Crippen molar-refractivity contribution in [3.8, 4) is 0 Å². The van der Waals surface area contributed by atoms with Crippen molar-refractivity contribution in [2.45, 2.75) is 59.5 Å². The van der Waals surface area contributed by atoms with Crippen molar-refractivity contribution >= 4 is 6.09 Å². The van der Waals surface area contributed by atoms with Crippen LogP contribution in [0.4, 0.5) is 4.79 Å². The first-order valence-corrected chi connectivity index (χ1v) is 7.80. The maximum atomic E-state index is 12.4. The summed E-state index contributed by atoms with van der Waals surface area (Å²) < 4.78 is 5.77. The van der Waals surface area contributed by atoms with Gasteiger partial charge >= 0.3 is 6.09 Å². The minimum Gasteiger partial charge on any atom is -0.443 e. The van der Waals surface area contributed by atoms with Gasteiger partial charge in [0.1, 0.15) is 5.60 Å². The molecule has 0 radical (unpaired) electrons. The number of amides is 1. The maximum Gasteiger partial charge on any atom is 0.410 e. The second-order valence-electron chi connectivity index (χ2n) is 8.46. The highest BCUT2D eigenvalue weighted by atomic mass is 16.6. The topological polar surface area (TPSA) is 41.6 Å². The van der Waals surface area contributed by atoms with E-state index in [-0.39, 0.29) is 11.5 Å². The molecule has 1 atom stereocenters. The summed E-state index contributed by atoms with van der Waals surface area (Å²) in [5.74, 6) is 0. The van der Waals surface area contributed by atoms with Gasteiger partial charge in [0.25, 0.3) is 0 Å². The van der Waals surface area contributed by atoms with Crippen molar-refractivity contribution in [1.82, 2.24) is 10.2 Å². The van der Waals surface area contributed by atoms with Crippen LogP contribution in [0.15, 0.2) is 0 Å². The summed E-state index contributed by atoms with van der Waals surface area (Å²) in [6.45, 7) is 14.4. The van der Waals surface area contributed by atoms with E-state index < -0.39 is 5.60 Å². The third-order valence-corrected chi connectivity index (χ3v) is 4.35. The van der Waals surface area contributed by atoms with Crippen LogP contribution in [-0.4, -0.2) is 42.8 Å². The Bertz CT molecular complexity index is 365. The lowest BCUT2D eigenvalue weighted by Gasteiger charge is -2.33. The van der Waals surface area contributed by atoms with Gasteiger partial charge in [0.2, 0.25) is 0 Å². The van der Waals surface area contributed by atoms with Crippen LogP contribution in [-0.2, 0) is 4.74 Å². The lowest BCUT2D eigenvalue weighted by atomic mass is 9.84. The highest BCUT2D eigenvalue weighted by Crippen LogP contribution is 2.37. The minimum absolute atomic E-state index is 0.136. The van der Waals surface area contributed by atoms with E-state index in [2.05, 4.69) is 26.1 Å². The molecule has 2 aliphatic rings. The number of carbonyl (C=O) groups is 1. The van der Waals surface area contributed by atoms with E-state index in [0.717, 1.165) is 39.0 Å². The predicted octanol–water partition coefficient (Wildman–Crippen LogP) is 3.02. The average molecular weight is 282 g/mol. The molecule has 1 N–H and O–H groups in total. The molecule has 0 aromatic heterocycles. The van der Waals surface area contributed by atoms with E-state index in [4.69, 9.17) is 4.74 Å². The second kappa shape index (κ2) is 5.21. The molecule has 0 aromatic carbocycles. The molecule has 4 nitrogen and oxygen atoms in total. The van der Waals surface area contributed by atoms with Crippen molar-refractivity contribution < 1.29 is 9.53 Å². The molecule has 4 heteroatoms. The predicted molar refractivity (Wildman–Crippen MR) is 80.7 cm³/mol. The van der Waals surface area contributed by atoms with Gasteiger partial charge in [-0.3, -0.25) is 0 Å². The van der Waals surface area contributed by atoms with E-state index in [9.17, 15) is 4.79 Å². The molecular weight excluding hydrogens is 252 g/mol. The largest absolute Gasteiger partial charge is 0.443 e. The molecule has 0 aromatic rings. The van der Waals surface area contributed by atoms with Gasteiger partial charge in [-0.05, 0) is 45.1 Å². The van der Waals surface area contributed by atoms with Crippen molar-refractivity contribution in [2.24, 2.45) is 10.8 Å². The van der Waals surface area contributed by atoms with Crippen LogP contribution in [0.2, 0.25) is 0 Å². The number of rotatable bonds is 2. The Kier molecular flexibility index (Phi) is 4.07. The Morgan fingerprint density at radius 2 is 1.95 bits per heavy atom. The molecule has 20 heavy (non-hydrogen) atoms. The van der Waals surface area contributed by atoms with Gasteiger partial charge in [-0.1, -0.05) is 20.8 Å². The number of carbonyl (C=O) groups excluding carboxylic acids is 1. The van der Waals surface area contributed by atoms with Crippen molar-refractivity contribution in [3.63, 3.8) is 0 Å². The summed E-state index contributed by atoms with van der Waals surface area (Å²) in [4.78, 5) is 14.3. The van der Waals surface area contributed by atoms with Crippen LogP contribution in [0, 0.1) is 10.8 Å². The molecule has 1 unspecified atom stereocenters. The Hall–Kier alpha value is -0.770. The summed E-state index contributed by atoms with van der Waals surface area (Å²) in [6.07, 6.45) is 3.02. The van der Waals surface area contributed by atoms with Crippen LogP contribution in [0.1, 0.15) is 53.9 Å². The van der Waals surface area contributed by atoms with Gasteiger partial charge in [-0.2, -0.15) is 0 Å². The molecule has 2 saturated heterocycles. The summed E-state index contributed by atoms with van der Waals surface area (Å²) in [6, 6.07) is 0. The third-order valence-electron chi connectivity index (χ3n) is 4.35. The number of likely N-dealkylation sites (tertiary alicyclic amines) is 1. The van der Waals surface area contributed by atoms with Gasteiger partial charge in [0.15, 0.2) is 0 Å². The maximum absolute atomic E-state index is 12.4. The summed E-state index contributed by atoms with van der Waals surface area (Å²) in [5.41, 5.74) is 0.0671. The van der Waals surface area contributed by atoms with Gasteiger partial charge in [-0.25, -0.2) is 4.79 Å². The normalized spacial score (nSPS) is 27.4. The Morgan fingerprint density at radius 3 is 2.50 bits per heavy atom. The molecule has 2 rings (SSSR count). The molecule has 0 aliphatic carbocycles. The lowest BCUT2D eigenvalue weighted by Crippen LogP contribution is -2.40. The highest BCUT2D eigenvalue weighted by molar-refractivity contribution is 5.68. The summed E-state index contributed by atoms with van der Waals surface area (Å²) in [7, 11) is 0. The standard InChI is InChI=1S/C16H30N2O2/c1-14(2,3)10-15(4,5)20-13(19)18-9-7-16(12-18)6-8-17-11-16/h17H,6-12H2,1-5H3. The highest BCUT2D eigenvalue weighted by Gasteiger charge is 2.43. The van der Waals surface area contributed by atoms with Gasteiger partial charge in [0.05, 0.1) is 0 Å². The molecule has 1 amide bonds. The van der Waals surface area contributed by atoms with E-state index >= 15 is 0 Å². The first-order valence-electron chi connectivity index (χ1n) is 7.80. The Morgan fingerprint density at radius 1 is 1.25 bits per heavy atom. The zero-order valence-electron chi connectivity index (χ0n) is 13.7. The number of hydrogen-bond acceptors (Lipinski definition) is 3. The van der Waals surface area contributed by atoms with Crippen LogP contribution in [0.5, 0.6) is 0 Å². The van der Waals surface area contributed by atoms with E-state index in [1.54, 1.807) is 0 Å². The monoisotopic (exact) mass is 282 g/mol. The van der Waals surface area contributed by atoms with Gasteiger partial charge in [0, 0.05) is 25.0 Å². The van der Waals surface area contributed by atoms with Crippen LogP contribution in [0.3, 0.4) is 0 Å². The van der Waals surface area contributed by atoms with Crippen LogP contribution >= 0.6 is 0 Å². The second-order valence-corrected chi connectivity index (χ2v) is 8.46. The first kappa shape index (κ1) is 15.6. The van der Waals surface area contributed by atoms with Gasteiger partial charge in [-0.15, -0.1) is 0 Å². The molecule has 1 spiro atoms. The number of nitrogens with zero attached hydrogens (tertiary/aromatic N) is 1. The smallest absolute Gasteiger partial charge is 0.410 e. The molecule has 0 bridgehead atoms.